The topological polar surface area (TPSA) is 52.4 Å². The molecule has 0 amide bonds. The fourth-order valence-corrected chi connectivity index (χ4v) is 2.73. The van der Waals surface area contributed by atoms with Crippen molar-refractivity contribution >= 4 is 17.7 Å². The number of aryl methyl sites for hydroxylation is 1. The summed E-state index contributed by atoms with van der Waals surface area (Å²) in [6.07, 6.45) is 8.10. The molecule has 0 heterocycles. The molecule has 1 rings (SSSR count). The Labute approximate surface area is 138 Å². The first-order valence-corrected chi connectivity index (χ1v) is 8.96. The lowest BCUT2D eigenvalue weighted by Gasteiger charge is -2.11. The van der Waals surface area contributed by atoms with Crippen molar-refractivity contribution < 1.29 is 9.11 Å². The van der Waals surface area contributed by atoms with E-state index in [4.69, 9.17) is 4.18 Å². The Hall–Kier alpha value is -1.23. The van der Waals surface area contributed by atoms with Crippen molar-refractivity contribution in [3.8, 4) is 5.75 Å². The SMILES string of the molecule is CCCCCCCCc1cccc([N+](=O)[O-])c1OSC(C)C. The Bertz CT molecular complexity index is 463. The first-order chi connectivity index (χ1) is 10.6. The monoisotopic (exact) mass is 325 g/mol. The molecule has 22 heavy (non-hydrogen) atoms. The van der Waals surface area contributed by atoms with Gasteiger partial charge in [0.1, 0.15) is 0 Å². The summed E-state index contributed by atoms with van der Waals surface area (Å²) in [6, 6.07) is 5.20. The van der Waals surface area contributed by atoms with Gasteiger partial charge in [0.05, 0.1) is 17.0 Å². The summed E-state index contributed by atoms with van der Waals surface area (Å²) in [6.45, 7) is 6.22. The highest BCUT2D eigenvalue weighted by molar-refractivity contribution is 7.95. The number of benzene rings is 1. The van der Waals surface area contributed by atoms with Gasteiger partial charge in [0.2, 0.25) is 5.75 Å². The Morgan fingerprint density at radius 3 is 2.50 bits per heavy atom. The van der Waals surface area contributed by atoms with Gasteiger partial charge in [-0.2, -0.15) is 0 Å². The Morgan fingerprint density at radius 1 is 1.18 bits per heavy atom. The van der Waals surface area contributed by atoms with Crippen LogP contribution in [0.2, 0.25) is 0 Å². The molecule has 5 heteroatoms. The van der Waals surface area contributed by atoms with Gasteiger partial charge in [0.15, 0.2) is 0 Å². The van der Waals surface area contributed by atoms with Gasteiger partial charge in [-0.1, -0.05) is 65.0 Å². The molecule has 0 unspecified atom stereocenters. The van der Waals surface area contributed by atoms with Gasteiger partial charge in [-0.3, -0.25) is 10.1 Å². The molecule has 0 saturated carbocycles. The van der Waals surface area contributed by atoms with Gasteiger partial charge < -0.3 is 4.18 Å². The molecule has 0 aliphatic heterocycles. The molecular weight excluding hydrogens is 298 g/mol. The van der Waals surface area contributed by atoms with E-state index in [1.54, 1.807) is 6.07 Å². The summed E-state index contributed by atoms with van der Waals surface area (Å²) < 4.78 is 5.66. The van der Waals surface area contributed by atoms with Gasteiger partial charge in [0, 0.05) is 16.9 Å². The van der Waals surface area contributed by atoms with Crippen LogP contribution >= 0.6 is 12.0 Å². The molecular formula is C17H27NO3S. The van der Waals surface area contributed by atoms with Crippen LogP contribution in [0.1, 0.15) is 64.9 Å². The molecule has 0 bridgehead atoms. The summed E-state index contributed by atoms with van der Waals surface area (Å²) in [5.41, 5.74) is 1.01. The quantitative estimate of drug-likeness (QED) is 0.219. The van der Waals surface area contributed by atoms with Gasteiger partial charge in [-0.25, -0.2) is 0 Å². The maximum absolute atomic E-state index is 11.2. The van der Waals surface area contributed by atoms with Gasteiger partial charge in [0.25, 0.3) is 0 Å². The van der Waals surface area contributed by atoms with Crippen LogP contribution in [0.15, 0.2) is 18.2 Å². The van der Waals surface area contributed by atoms with E-state index in [0.29, 0.717) is 5.75 Å². The van der Waals surface area contributed by atoms with E-state index in [1.165, 1.54) is 50.2 Å². The van der Waals surface area contributed by atoms with Gasteiger partial charge in [-0.05, 0) is 12.8 Å². The smallest absolute Gasteiger partial charge is 0.312 e. The summed E-state index contributed by atoms with van der Waals surface area (Å²) >= 11 is 1.28. The number of nitro benzene ring substituents is 1. The average Bonchev–Trinajstić information content (AvgIpc) is 2.48. The van der Waals surface area contributed by atoms with Crippen molar-refractivity contribution in [1.29, 1.82) is 0 Å². The summed E-state index contributed by atoms with van der Waals surface area (Å²) in [7, 11) is 0. The zero-order chi connectivity index (χ0) is 16.4. The number of hydrogen-bond acceptors (Lipinski definition) is 4. The molecule has 0 N–H and O–H groups in total. The lowest BCUT2D eigenvalue weighted by atomic mass is 10.0. The molecule has 0 radical (unpaired) electrons. The lowest BCUT2D eigenvalue weighted by Crippen LogP contribution is -2.00. The highest BCUT2D eigenvalue weighted by Gasteiger charge is 2.19. The van der Waals surface area contributed by atoms with Crippen molar-refractivity contribution in [2.45, 2.75) is 71.0 Å². The van der Waals surface area contributed by atoms with Crippen molar-refractivity contribution in [2.75, 3.05) is 0 Å². The van der Waals surface area contributed by atoms with E-state index in [2.05, 4.69) is 6.92 Å². The molecule has 0 saturated heterocycles. The van der Waals surface area contributed by atoms with E-state index in [-0.39, 0.29) is 15.9 Å². The molecule has 0 spiro atoms. The molecule has 0 aliphatic carbocycles. The fourth-order valence-electron chi connectivity index (χ4n) is 2.25. The summed E-state index contributed by atoms with van der Waals surface area (Å²) in [5, 5.41) is 11.4. The molecule has 0 aliphatic rings. The molecule has 1 aromatic carbocycles. The standard InChI is InChI=1S/C17H27NO3S/c1-4-5-6-7-8-9-11-15-12-10-13-16(18(19)20)17(15)21-22-14(2)3/h10,12-14H,4-9,11H2,1-3H3. The van der Waals surface area contributed by atoms with Crippen LogP contribution in [0.5, 0.6) is 5.75 Å². The zero-order valence-corrected chi connectivity index (χ0v) is 14.7. The van der Waals surface area contributed by atoms with Crippen LogP contribution in [-0.2, 0) is 6.42 Å². The number of rotatable bonds is 11. The Kier molecular flexibility index (Phi) is 8.97. The third-order valence-electron chi connectivity index (χ3n) is 3.40. The minimum absolute atomic E-state index is 0.0663. The fraction of sp³-hybridized carbons (Fsp3) is 0.647. The van der Waals surface area contributed by atoms with E-state index in [1.807, 2.05) is 19.9 Å². The van der Waals surface area contributed by atoms with Gasteiger partial charge >= 0.3 is 5.69 Å². The van der Waals surface area contributed by atoms with E-state index >= 15 is 0 Å². The van der Waals surface area contributed by atoms with Crippen LogP contribution < -0.4 is 4.18 Å². The number of hydrogen-bond donors (Lipinski definition) is 0. The van der Waals surface area contributed by atoms with Crippen molar-refractivity contribution in [3.05, 3.63) is 33.9 Å². The van der Waals surface area contributed by atoms with Crippen molar-refractivity contribution in [2.24, 2.45) is 0 Å². The Morgan fingerprint density at radius 2 is 1.86 bits per heavy atom. The number of nitro groups is 1. The third-order valence-corrected chi connectivity index (χ3v) is 4.04. The minimum atomic E-state index is -0.360. The molecule has 4 nitrogen and oxygen atoms in total. The van der Waals surface area contributed by atoms with Gasteiger partial charge in [-0.15, -0.1) is 0 Å². The molecule has 124 valence electrons. The predicted octanol–water partition coefficient (Wildman–Crippen LogP) is 5.93. The molecule has 1 aromatic rings. The summed E-state index contributed by atoms with van der Waals surface area (Å²) in [4.78, 5) is 10.8. The highest BCUT2D eigenvalue weighted by Crippen LogP contribution is 2.35. The molecule has 0 aromatic heterocycles. The van der Waals surface area contributed by atoms with Crippen LogP contribution in [-0.4, -0.2) is 10.2 Å². The Balaban J connectivity index is 2.67. The number of para-hydroxylation sites is 1. The highest BCUT2D eigenvalue weighted by atomic mass is 32.2. The largest absolute Gasteiger partial charge is 0.418 e. The van der Waals surface area contributed by atoms with E-state index in [0.717, 1.165) is 18.4 Å². The van der Waals surface area contributed by atoms with Crippen LogP contribution in [0.3, 0.4) is 0 Å². The van der Waals surface area contributed by atoms with Crippen LogP contribution in [0.4, 0.5) is 5.69 Å². The van der Waals surface area contributed by atoms with E-state index in [9.17, 15) is 10.1 Å². The predicted molar refractivity (Wildman–Crippen MR) is 93.5 cm³/mol. The number of unbranched alkanes of at least 4 members (excludes halogenated alkanes) is 5. The van der Waals surface area contributed by atoms with Crippen molar-refractivity contribution in [3.63, 3.8) is 0 Å². The van der Waals surface area contributed by atoms with Crippen LogP contribution in [0.25, 0.3) is 0 Å². The first kappa shape index (κ1) is 18.8. The second-order valence-corrected chi connectivity index (χ2v) is 7.07. The third kappa shape index (κ3) is 6.69. The number of nitrogens with zero attached hydrogens (tertiary/aromatic N) is 1. The maximum Gasteiger partial charge on any atom is 0.312 e. The molecule has 0 fully saturated rings. The second-order valence-electron chi connectivity index (χ2n) is 5.77. The normalized spacial score (nSPS) is 10.9. The molecule has 0 atom stereocenters. The summed E-state index contributed by atoms with van der Waals surface area (Å²) in [5.74, 6) is 0.430. The van der Waals surface area contributed by atoms with E-state index < -0.39 is 0 Å². The average molecular weight is 325 g/mol. The zero-order valence-electron chi connectivity index (χ0n) is 13.8. The minimum Gasteiger partial charge on any atom is -0.418 e. The van der Waals surface area contributed by atoms with Crippen molar-refractivity contribution in [1.82, 2.24) is 0 Å². The first-order valence-electron chi connectivity index (χ1n) is 8.15. The second kappa shape index (κ2) is 10.5. The van der Waals surface area contributed by atoms with Crippen LogP contribution in [0, 0.1) is 10.1 Å². The lowest BCUT2D eigenvalue weighted by molar-refractivity contribution is -0.385. The maximum atomic E-state index is 11.2.